The average molecular weight is 393 g/mol. The van der Waals surface area contributed by atoms with E-state index in [9.17, 15) is 0 Å². The van der Waals surface area contributed by atoms with E-state index in [0.717, 1.165) is 43.5 Å². The second-order valence-corrected chi connectivity index (χ2v) is 7.32. The van der Waals surface area contributed by atoms with Gasteiger partial charge in [0, 0.05) is 51.2 Å². The van der Waals surface area contributed by atoms with Crippen molar-refractivity contribution in [2.45, 2.75) is 19.2 Å². The molecule has 1 aliphatic heterocycles. The summed E-state index contributed by atoms with van der Waals surface area (Å²) >= 11 is 0. The van der Waals surface area contributed by atoms with Gasteiger partial charge in [0.1, 0.15) is 23.9 Å². The van der Waals surface area contributed by atoms with Gasteiger partial charge in [-0.05, 0) is 23.8 Å². The minimum absolute atomic E-state index is 0.291. The number of aromatic nitrogens is 2. The minimum atomic E-state index is 0.291. The molecule has 1 aromatic heterocycles. The number of rotatable bonds is 7. The van der Waals surface area contributed by atoms with Gasteiger partial charge in [-0.1, -0.05) is 30.3 Å². The first kappa shape index (κ1) is 19.5. The van der Waals surface area contributed by atoms with Crippen LogP contribution in [-0.4, -0.2) is 41.2 Å². The van der Waals surface area contributed by atoms with Crippen LogP contribution < -0.4 is 14.8 Å². The molecule has 2 aromatic carbocycles. The fourth-order valence-corrected chi connectivity index (χ4v) is 3.79. The summed E-state index contributed by atoms with van der Waals surface area (Å²) in [7, 11) is 3.71. The molecule has 0 spiro atoms. The van der Waals surface area contributed by atoms with E-state index in [1.165, 1.54) is 11.1 Å². The van der Waals surface area contributed by atoms with Gasteiger partial charge in [0.2, 0.25) is 0 Å². The fraction of sp³-hybridized carbons (Fsp3) is 0.348. The van der Waals surface area contributed by atoms with Crippen molar-refractivity contribution in [1.82, 2.24) is 19.8 Å². The van der Waals surface area contributed by atoms with Crippen LogP contribution in [-0.2, 0) is 20.2 Å². The lowest BCUT2D eigenvalue weighted by atomic mass is 10.0. The molecular weight excluding hydrogens is 364 g/mol. The molecule has 0 radical (unpaired) electrons. The summed E-state index contributed by atoms with van der Waals surface area (Å²) in [5.41, 5.74) is 2.51. The molecule has 3 aromatic rings. The van der Waals surface area contributed by atoms with Crippen LogP contribution in [0.5, 0.6) is 11.5 Å². The zero-order valence-corrected chi connectivity index (χ0v) is 17.0. The number of aryl methyl sites for hydroxylation is 1. The van der Waals surface area contributed by atoms with E-state index in [1.807, 2.05) is 42.1 Å². The highest BCUT2D eigenvalue weighted by molar-refractivity contribution is 5.37. The summed E-state index contributed by atoms with van der Waals surface area (Å²) in [6, 6.07) is 17.0. The van der Waals surface area contributed by atoms with E-state index in [0.29, 0.717) is 12.6 Å². The van der Waals surface area contributed by atoms with Gasteiger partial charge < -0.3 is 19.4 Å². The molecular formula is C23H28N4O2. The quantitative estimate of drug-likeness (QED) is 0.669. The maximum Gasteiger partial charge on any atom is 0.146 e. The first-order valence-corrected chi connectivity index (χ1v) is 10.00. The van der Waals surface area contributed by atoms with E-state index in [1.54, 1.807) is 13.3 Å². The molecule has 6 nitrogen and oxygen atoms in total. The van der Waals surface area contributed by atoms with Crippen molar-refractivity contribution in [3.8, 4) is 11.5 Å². The molecule has 1 unspecified atom stereocenters. The lowest BCUT2D eigenvalue weighted by molar-refractivity contribution is 0.151. The molecule has 0 bridgehead atoms. The molecule has 0 aliphatic carbocycles. The van der Waals surface area contributed by atoms with E-state index in [4.69, 9.17) is 9.47 Å². The first-order valence-electron chi connectivity index (χ1n) is 10.00. The number of nitrogens with zero attached hydrogens (tertiary/aromatic N) is 3. The average Bonchev–Trinajstić information content (AvgIpc) is 3.18. The Morgan fingerprint density at radius 2 is 1.97 bits per heavy atom. The van der Waals surface area contributed by atoms with Crippen LogP contribution in [0, 0.1) is 0 Å². The largest absolute Gasteiger partial charge is 0.496 e. The topological polar surface area (TPSA) is 51.6 Å². The van der Waals surface area contributed by atoms with Gasteiger partial charge in [0.15, 0.2) is 0 Å². The third-order valence-electron chi connectivity index (χ3n) is 5.45. The van der Waals surface area contributed by atoms with Gasteiger partial charge in [-0.3, -0.25) is 4.90 Å². The van der Waals surface area contributed by atoms with E-state index in [-0.39, 0.29) is 0 Å². The number of benzene rings is 2. The highest BCUT2D eigenvalue weighted by Crippen LogP contribution is 2.31. The Balaban J connectivity index is 1.42. The van der Waals surface area contributed by atoms with E-state index < -0.39 is 0 Å². The molecule has 6 heteroatoms. The van der Waals surface area contributed by atoms with Gasteiger partial charge in [0.05, 0.1) is 13.2 Å². The highest BCUT2D eigenvalue weighted by atomic mass is 16.5. The van der Waals surface area contributed by atoms with E-state index >= 15 is 0 Å². The predicted octanol–water partition coefficient (Wildman–Crippen LogP) is 3.15. The molecule has 0 saturated carbocycles. The van der Waals surface area contributed by atoms with Crippen LogP contribution in [0.25, 0.3) is 0 Å². The Bertz CT molecular complexity index is 923. The molecule has 2 heterocycles. The number of nitrogens with one attached hydrogen (secondary N) is 1. The monoisotopic (exact) mass is 392 g/mol. The number of methoxy groups -OCH3 is 1. The first-order chi connectivity index (χ1) is 14.2. The number of para-hydroxylation sites is 1. The van der Waals surface area contributed by atoms with Gasteiger partial charge in [-0.2, -0.15) is 0 Å². The van der Waals surface area contributed by atoms with Gasteiger partial charge in [-0.25, -0.2) is 4.98 Å². The molecule has 1 atom stereocenters. The van der Waals surface area contributed by atoms with E-state index in [2.05, 4.69) is 39.5 Å². The molecule has 1 saturated heterocycles. The van der Waals surface area contributed by atoms with Crippen LogP contribution in [0.4, 0.5) is 0 Å². The van der Waals surface area contributed by atoms with Crippen molar-refractivity contribution >= 4 is 0 Å². The molecule has 152 valence electrons. The zero-order chi connectivity index (χ0) is 20.1. The minimum Gasteiger partial charge on any atom is -0.496 e. The maximum absolute atomic E-state index is 5.87. The molecule has 4 rings (SSSR count). The normalized spacial score (nSPS) is 17.2. The van der Waals surface area contributed by atoms with Crippen LogP contribution >= 0.6 is 0 Å². The smallest absolute Gasteiger partial charge is 0.146 e. The Kier molecular flexibility index (Phi) is 6.12. The Hall–Kier alpha value is -2.83. The van der Waals surface area contributed by atoms with Crippen molar-refractivity contribution in [3.05, 3.63) is 77.9 Å². The van der Waals surface area contributed by atoms with Crippen LogP contribution in [0.1, 0.15) is 23.0 Å². The summed E-state index contributed by atoms with van der Waals surface area (Å²) in [5.74, 6) is 2.72. The Morgan fingerprint density at radius 3 is 2.72 bits per heavy atom. The lowest BCUT2D eigenvalue weighted by Crippen LogP contribution is -2.45. The molecule has 1 N–H and O–H groups in total. The second-order valence-electron chi connectivity index (χ2n) is 7.32. The van der Waals surface area contributed by atoms with Crippen molar-refractivity contribution in [3.63, 3.8) is 0 Å². The molecule has 29 heavy (non-hydrogen) atoms. The van der Waals surface area contributed by atoms with Crippen LogP contribution in [0.3, 0.4) is 0 Å². The van der Waals surface area contributed by atoms with Gasteiger partial charge in [0.25, 0.3) is 0 Å². The summed E-state index contributed by atoms with van der Waals surface area (Å²) in [4.78, 5) is 6.80. The Labute approximate surface area is 172 Å². The lowest BCUT2D eigenvalue weighted by Gasteiger charge is -2.37. The van der Waals surface area contributed by atoms with Crippen molar-refractivity contribution in [1.29, 1.82) is 0 Å². The third-order valence-corrected chi connectivity index (χ3v) is 5.45. The molecule has 0 amide bonds. The van der Waals surface area contributed by atoms with Crippen LogP contribution in [0.2, 0.25) is 0 Å². The van der Waals surface area contributed by atoms with Gasteiger partial charge in [-0.15, -0.1) is 0 Å². The van der Waals surface area contributed by atoms with Crippen LogP contribution in [0.15, 0.2) is 60.9 Å². The SMILES string of the molecule is COc1ccccc1C1CNCCN1Cc1ccc(OCc2nccn2C)cc1. The zero-order valence-electron chi connectivity index (χ0n) is 17.0. The number of hydrogen-bond donors (Lipinski definition) is 1. The summed E-state index contributed by atoms with van der Waals surface area (Å²) in [6.45, 7) is 4.28. The fourth-order valence-electron chi connectivity index (χ4n) is 3.79. The third kappa shape index (κ3) is 4.60. The Morgan fingerprint density at radius 1 is 1.14 bits per heavy atom. The standard InChI is InChI=1S/C23H28N4O2/c1-26-13-12-25-23(26)17-29-19-9-7-18(8-10-19)16-27-14-11-24-15-21(27)20-5-3-4-6-22(20)28-2/h3-10,12-13,21,24H,11,14-17H2,1-2H3. The summed E-state index contributed by atoms with van der Waals surface area (Å²) in [6.07, 6.45) is 3.71. The molecule has 1 fully saturated rings. The van der Waals surface area contributed by atoms with Crippen molar-refractivity contribution in [2.75, 3.05) is 26.7 Å². The number of ether oxygens (including phenoxy) is 2. The highest BCUT2D eigenvalue weighted by Gasteiger charge is 2.26. The summed E-state index contributed by atoms with van der Waals surface area (Å²) < 4.78 is 13.4. The van der Waals surface area contributed by atoms with Crippen molar-refractivity contribution in [2.24, 2.45) is 7.05 Å². The second kappa shape index (κ2) is 9.11. The number of piperazine rings is 1. The number of hydrogen-bond acceptors (Lipinski definition) is 5. The van der Waals surface area contributed by atoms with Crippen molar-refractivity contribution < 1.29 is 9.47 Å². The summed E-state index contributed by atoms with van der Waals surface area (Å²) in [5, 5.41) is 3.52. The number of imidazole rings is 1. The predicted molar refractivity (Wildman–Crippen MR) is 113 cm³/mol. The van der Waals surface area contributed by atoms with Gasteiger partial charge >= 0.3 is 0 Å². The maximum atomic E-state index is 5.87. The molecule has 1 aliphatic rings.